The van der Waals surface area contributed by atoms with Gasteiger partial charge in [-0.15, -0.1) is 0 Å². The summed E-state index contributed by atoms with van der Waals surface area (Å²) >= 11 is 0. The van der Waals surface area contributed by atoms with Crippen LogP contribution in [0.5, 0.6) is 5.75 Å². The van der Waals surface area contributed by atoms with E-state index < -0.39 is 17.6 Å². The quantitative estimate of drug-likeness (QED) is 0.278. The van der Waals surface area contributed by atoms with Gasteiger partial charge < -0.3 is 20.4 Å². The largest absolute Gasteiger partial charge is 0.491 e. The number of amidine groups is 1. The molecule has 21 heavy (non-hydrogen) atoms. The molecule has 1 aromatic carbocycles. The van der Waals surface area contributed by atoms with Gasteiger partial charge in [-0.2, -0.15) is 13.2 Å². The first-order valence-electron chi connectivity index (χ1n) is 6.19. The molecule has 5 nitrogen and oxygen atoms in total. The van der Waals surface area contributed by atoms with Gasteiger partial charge in [0.15, 0.2) is 5.84 Å². The molecule has 0 radical (unpaired) electrons. The smallest absolute Gasteiger partial charge is 0.419 e. The van der Waals surface area contributed by atoms with Crippen LogP contribution in [0.2, 0.25) is 0 Å². The summed E-state index contributed by atoms with van der Waals surface area (Å²) in [5, 5.41) is 11.2. The number of oxime groups is 1. The molecule has 0 aliphatic rings. The average Bonchev–Trinajstić information content (AvgIpc) is 2.41. The lowest BCUT2D eigenvalue weighted by molar-refractivity contribution is -0.139. The summed E-state index contributed by atoms with van der Waals surface area (Å²) in [6, 6.07) is 3.18. The Balaban J connectivity index is 2.93. The van der Waals surface area contributed by atoms with Crippen LogP contribution >= 0.6 is 0 Å². The lowest BCUT2D eigenvalue weighted by Gasteiger charge is -2.15. The van der Waals surface area contributed by atoms with Crippen molar-refractivity contribution >= 4 is 5.84 Å². The Morgan fingerprint density at radius 3 is 2.52 bits per heavy atom. The van der Waals surface area contributed by atoms with Crippen LogP contribution < -0.4 is 10.5 Å². The first-order chi connectivity index (χ1) is 9.75. The Bertz CT molecular complexity index is 502. The molecule has 0 spiro atoms. The Morgan fingerprint density at radius 1 is 1.33 bits per heavy atom. The van der Waals surface area contributed by atoms with E-state index in [4.69, 9.17) is 20.4 Å². The van der Waals surface area contributed by atoms with E-state index in [-0.39, 0.29) is 30.6 Å². The standard InChI is InChI=1S/C13H17F3N2O3/c1-8(2)20-5-6-21-11-4-3-9(12(17)18-19)7-10(11)13(14,15)16/h3-4,7-8,19H,5-6H2,1-2H3,(H2,17,18). The monoisotopic (exact) mass is 306 g/mol. The molecule has 0 aromatic heterocycles. The maximum absolute atomic E-state index is 13.0. The van der Waals surface area contributed by atoms with Gasteiger partial charge in [0.1, 0.15) is 12.4 Å². The molecule has 1 rings (SSSR count). The van der Waals surface area contributed by atoms with Gasteiger partial charge in [0.2, 0.25) is 0 Å². The fourth-order valence-corrected chi connectivity index (χ4v) is 1.53. The molecule has 0 bridgehead atoms. The zero-order valence-electron chi connectivity index (χ0n) is 11.6. The van der Waals surface area contributed by atoms with Gasteiger partial charge in [-0.25, -0.2) is 0 Å². The van der Waals surface area contributed by atoms with Gasteiger partial charge in [-0.05, 0) is 32.0 Å². The van der Waals surface area contributed by atoms with Gasteiger partial charge in [-0.1, -0.05) is 5.16 Å². The number of benzene rings is 1. The van der Waals surface area contributed by atoms with Gasteiger partial charge in [0.05, 0.1) is 18.3 Å². The highest BCUT2D eigenvalue weighted by molar-refractivity contribution is 5.97. The van der Waals surface area contributed by atoms with Crippen molar-refractivity contribution in [2.45, 2.75) is 26.1 Å². The fourth-order valence-electron chi connectivity index (χ4n) is 1.53. The summed E-state index contributed by atoms with van der Waals surface area (Å²) < 4.78 is 49.2. The van der Waals surface area contributed by atoms with Crippen molar-refractivity contribution in [3.05, 3.63) is 29.3 Å². The van der Waals surface area contributed by atoms with E-state index >= 15 is 0 Å². The molecule has 118 valence electrons. The van der Waals surface area contributed by atoms with Crippen LogP contribution in [0.3, 0.4) is 0 Å². The molecule has 0 atom stereocenters. The molecule has 0 aliphatic carbocycles. The van der Waals surface area contributed by atoms with Crippen LogP contribution in [0.15, 0.2) is 23.4 Å². The second-order valence-electron chi connectivity index (χ2n) is 4.46. The fraction of sp³-hybridized carbons (Fsp3) is 0.462. The third-order valence-corrected chi connectivity index (χ3v) is 2.48. The Kier molecular flexibility index (Phi) is 5.83. The van der Waals surface area contributed by atoms with Crippen LogP contribution in [0, 0.1) is 0 Å². The van der Waals surface area contributed by atoms with Crippen LogP contribution in [0.25, 0.3) is 0 Å². The second kappa shape index (κ2) is 7.16. The van der Waals surface area contributed by atoms with Gasteiger partial charge in [0.25, 0.3) is 0 Å². The minimum absolute atomic E-state index is 0.00974. The molecule has 0 saturated heterocycles. The summed E-state index contributed by atoms with van der Waals surface area (Å²) in [6.07, 6.45) is -4.64. The van der Waals surface area contributed by atoms with E-state index in [9.17, 15) is 13.2 Å². The number of halogens is 3. The first kappa shape index (κ1) is 17.1. The summed E-state index contributed by atoms with van der Waals surface area (Å²) in [5.41, 5.74) is 4.25. The first-order valence-corrected chi connectivity index (χ1v) is 6.19. The zero-order valence-corrected chi connectivity index (χ0v) is 11.6. The van der Waals surface area contributed by atoms with Gasteiger partial charge in [-0.3, -0.25) is 0 Å². The van der Waals surface area contributed by atoms with E-state index in [1.807, 2.05) is 13.8 Å². The number of hydrogen-bond donors (Lipinski definition) is 2. The molecule has 0 unspecified atom stereocenters. The highest BCUT2D eigenvalue weighted by Crippen LogP contribution is 2.36. The maximum atomic E-state index is 13.0. The predicted octanol–water partition coefficient (Wildman–Crippen LogP) is 2.60. The molecule has 0 amide bonds. The number of hydrogen-bond acceptors (Lipinski definition) is 4. The van der Waals surface area contributed by atoms with E-state index in [1.165, 1.54) is 6.07 Å². The minimum atomic E-state index is -4.61. The number of alkyl halides is 3. The maximum Gasteiger partial charge on any atom is 0.419 e. The van der Waals surface area contributed by atoms with Crippen molar-refractivity contribution in [1.29, 1.82) is 0 Å². The van der Waals surface area contributed by atoms with Gasteiger partial charge >= 0.3 is 6.18 Å². The predicted molar refractivity (Wildman–Crippen MR) is 70.5 cm³/mol. The van der Waals surface area contributed by atoms with E-state index in [0.29, 0.717) is 0 Å². The van der Waals surface area contributed by atoms with Crippen molar-refractivity contribution in [1.82, 2.24) is 0 Å². The zero-order chi connectivity index (χ0) is 16.0. The van der Waals surface area contributed by atoms with Crippen LogP contribution in [-0.4, -0.2) is 30.4 Å². The summed E-state index contributed by atoms with van der Waals surface area (Å²) in [6.45, 7) is 3.79. The van der Waals surface area contributed by atoms with Crippen molar-refractivity contribution in [3.63, 3.8) is 0 Å². The molecule has 0 fully saturated rings. The van der Waals surface area contributed by atoms with Gasteiger partial charge in [0, 0.05) is 5.56 Å². The third kappa shape index (κ3) is 5.14. The van der Waals surface area contributed by atoms with E-state index in [0.717, 1.165) is 12.1 Å². The number of ether oxygens (including phenoxy) is 2. The van der Waals surface area contributed by atoms with E-state index in [1.54, 1.807) is 0 Å². The van der Waals surface area contributed by atoms with Crippen LogP contribution in [0.4, 0.5) is 13.2 Å². The highest BCUT2D eigenvalue weighted by atomic mass is 19.4. The third-order valence-electron chi connectivity index (χ3n) is 2.48. The summed E-state index contributed by atoms with van der Waals surface area (Å²) in [7, 11) is 0. The van der Waals surface area contributed by atoms with Crippen LogP contribution in [0.1, 0.15) is 25.0 Å². The summed E-state index contributed by atoms with van der Waals surface area (Å²) in [4.78, 5) is 0. The summed E-state index contributed by atoms with van der Waals surface area (Å²) in [5.74, 6) is -0.737. The average molecular weight is 306 g/mol. The highest BCUT2D eigenvalue weighted by Gasteiger charge is 2.35. The normalized spacial score (nSPS) is 12.8. The van der Waals surface area contributed by atoms with Crippen molar-refractivity contribution in [3.8, 4) is 5.75 Å². The van der Waals surface area contributed by atoms with Crippen molar-refractivity contribution in [2.75, 3.05) is 13.2 Å². The Morgan fingerprint density at radius 2 is 2.00 bits per heavy atom. The molecule has 3 N–H and O–H groups in total. The molecule has 0 aliphatic heterocycles. The van der Waals surface area contributed by atoms with Crippen molar-refractivity contribution in [2.24, 2.45) is 10.9 Å². The lowest BCUT2D eigenvalue weighted by atomic mass is 10.1. The Labute approximate surface area is 120 Å². The molecule has 8 heteroatoms. The van der Waals surface area contributed by atoms with Crippen LogP contribution in [-0.2, 0) is 10.9 Å². The topological polar surface area (TPSA) is 77.1 Å². The Hall–Kier alpha value is -1.96. The lowest BCUT2D eigenvalue weighted by Crippen LogP contribution is -2.17. The number of nitrogens with zero attached hydrogens (tertiary/aromatic N) is 1. The molecule has 0 heterocycles. The van der Waals surface area contributed by atoms with Crippen molar-refractivity contribution < 1.29 is 27.9 Å². The number of nitrogens with two attached hydrogens (primary N) is 1. The minimum Gasteiger partial charge on any atom is -0.491 e. The second-order valence-corrected chi connectivity index (χ2v) is 4.46. The molecular formula is C13H17F3N2O3. The molecular weight excluding hydrogens is 289 g/mol. The molecule has 0 saturated carbocycles. The SMILES string of the molecule is CC(C)OCCOc1ccc(/C(N)=N/O)cc1C(F)(F)F. The molecule has 1 aromatic rings. The number of rotatable bonds is 6. The van der Waals surface area contributed by atoms with E-state index in [2.05, 4.69) is 5.16 Å².